The van der Waals surface area contributed by atoms with E-state index in [1.807, 2.05) is 25.1 Å². The molecule has 4 aromatic rings. The molecule has 0 bridgehead atoms. The van der Waals surface area contributed by atoms with Crippen LogP contribution in [0.4, 0.5) is 10.8 Å². The number of benzene rings is 3. The molecule has 0 aliphatic carbocycles. The number of anilines is 2. The van der Waals surface area contributed by atoms with Crippen LogP contribution < -0.4 is 24.2 Å². The van der Waals surface area contributed by atoms with E-state index >= 15 is 0 Å². The summed E-state index contributed by atoms with van der Waals surface area (Å²) in [6, 6.07) is 16.2. The smallest absolute Gasteiger partial charge is 0.262 e. The molecule has 0 spiro atoms. The predicted molar refractivity (Wildman–Crippen MR) is 133 cm³/mol. The Balaban J connectivity index is 1.38. The molecule has 2 heterocycles. The largest absolute Gasteiger partial charge is 0.494 e. The molecule has 2 N–H and O–H groups in total. The van der Waals surface area contributed by atoms with Crippen LogP contribution in [0.15, 0.2) is 65.6 Å². The predicted octanol–water partition coefficient (Wildman–Crippen LogP) is 4.52. The molecule has 5 rings (SSSR count). The number of nitrogens with one attached hydrogen (secondary N) is 2. The van der Waals surface area contributed by atoms with Gasteiger partial charge in [-0.15, -0.1) is 0 Å². The third-order valence-electron chi connectivity index (χ3n) is 5.13. The summed E-state index contributed by atoms with van der Waals surface area (Å²) in [4.78, 5) is 17.5. The molecule has 1 aromatic heterocycles. The number of fused-ring (bicyclic) bond motifs is 2. The monoisotopic (exact) mass is 511 g/mol. The number of sulfonamides is 1. The van der Waals surface area contributed by atoms with Gasteiger partial charge in [0.15, 0.2) is 16.6 Å². The molecule has 0 radical (unpaired) electrons. The molecule has 9 nitrogen and oxygen atoms in total. The lowest BCUT2D eigenvalue weighted by molar-refractivity contribution is 0.102. The van der Waals surface area contributed by atoms with E-state index in [1.165, 1.54) is 35.6 Å². The molecule has 11 heteroatoms. The first kappa shape index (κ1) is 22.9. The van der Waals surface area contributed by atoms with Gasteiger partial charge in [0.05, 0.1) is 33.0 Å². The molecule has 0 saturated heterocycles. The van der Waals surface area contributed by atoms with E-state index in [2.05, 4.69) is 15.0 Å². The topological polar surface area (TPSA) is 116 Å². The number of rotatable bonds is 7. The molecule has 0 saturated carbocycles. The van der Waals surface area contributed by atoms with E-state index in [9.17, 15) is 13.2 Å². The van der Waals surface area contributed by atoms with Crippen molar-refractivity contribution in [2.24, 2.45) is 0 Å². The first-order valence-corrected chi connectivity index (χ1v) is 13.1. The van der Waals surface area contributed by atoms with Crippen molar-refractivity contribution in [1.29, 1.82) is 0 Å². The van der Waals surface area contributed by atoms with Crippen LogP contribution in [0.2, 0.25) is 0 Å². The van der Waals surface area contributed by atoms with Crippen LogP contribution in [0.3, 0.4) is 0 Å². The van der Waals surface area contributed by atoms with Crippen molar-refractivity contribution < 1.29 is 27.4 Å². The fourth-order valence-electron chi connectivity index (χ4n) is 3.54. The van der Waals surface area contributed by atoms with Gasteiger partial charge in [-0.05, 0) is 49.4 Å². The van der Waals surface area contributed by atoms with Crippen LogP contribution >= 0.6 is 11.3 Å². The standard InChI is InChI=1S/C24H21N3O6S2/c1-2-31-15-7-9-19-22(13-15)34-24(25-19)26-23(28)17-5-3-4-6-18(17)27-35(29,30)16-8-10-20-21(14-16)33-12-11-32-20/h3-10,13-14,27H,2,11-12H2,1H3,(H,25,26,28). The first-order chi connectivity index (χ1) is 16.9. The van der Waals surface area contributed by atoms with Gasteiger partial charge >= 0.3 is 0 Å². The molecule has 0 fully saturated rings. The van der Waals surface area contributed by atoms with Gasteiger partial charge in [0.2, 0.25) is 0 Å². The van der Waals surface area contributed by atoms with Crippen LogP contribution in [0, 0.1) is 0 Å². The van der Waals surface area contributed by atoms with Gasteiger partial charge in [0.1, 0.15) is 19.0 Å². The highest BCUT2D eigenvalue weighted by atomic mass is 32.2. The molecule has 35 heavy (non-hydrogen) atoms. The summed E-state index contributed by atoms with van der Waals surface area (Å²) < 4.78 is 45.9. The number of hydrogen-bond donors (Lipinski definition) is 2. The first-order valence-electron chi connectivity index (χ1n) is 10.8. The molecule has 1 aliphatic rings. The lowest BCUT2D eigenvalue weighted by atomic mass is 10.2. The Labute approximate surface area is 205 Å². The Morgan fingerprint density at radius 1 is 1.06 bits per heavy atom. The Hall–Kier alpha value is -3.83. The average Bonchev–Trinajstić information content (AvgIpc) is 3.25. The Morgan fingerprint density at radius 3 is 2.69 bits per heavy atom. The van der Waals surface area contributed by atoms with Gasteiger partial charge in [-0.2, -0.15) is 0 Å². The lowest BCUT2D eigenvalue weighted by Gasteiger charge is -2.19. The maximum Gasteiger partial charge on any atom is 0.262 e. The minimum absolute atomic E-state index is 0.00626. The number of carbonyl (C=O) groups is 1. The van der Waals surface area contributed by atoms with E-state index in [0.29, 0.717) is 36.5 Å². The van der Waals surface area contributed by atoms with Crippen molar-refractivity contribution in [3.05, 3.63) is 66.2 Å². The van der Waals surface area contributed by atoms with E-state index in [1.54, 1.807) is 18.2 Å². The fourth-order valence-corrected chi connectivity index (χ4v) is 5.53. The van der Waals surface area contributed by atoms with Crippen molar-refractivity contribution in [2.75, 3.05) is 29.9 Å². The van der Waals surface area contributed by atoms with Crippen LogP contribution in [0.25, 0.3) is 10.2 Å². The number of amides is 1. The summed E-state index contributed by atoms with van der Waals surface area (Å²) in [5.74, 6) is 1.07. The van der Waals surface area contributed by atoms with Crippen LogP contribution in [-0.2, 0) is 10.0 Å². The molecule has 0 atom stereocenters. The molecular formula is C24H21N3O6S2. The summed E-state index contributed by atoms with van der Waals surface area (Å²) in [5, 5.41) is 3.15. The number of thiazole rings is 1. The van der Waals surface area contributed by atoms with Crippen LogP contribution in [0.1, 0.15) is 17.3 Å². The van der Waals surface area contributed by atoms with Crippen LogP contribution in [-0.4, -0.2) is 39.1 Å². The number of aromatic nitrogens is 1. The Kier molecular flexibility index (Phi) is 6.18. The van der Waals surface area contributed by atoms with Crippen molar-refractivity contribution in [3.8, 4) is 17.2 Å². The molecule has 3 aromatic carbocycles. The summed E-state index contributed by atoms with van der Waals surface area (Å²) in [6.45, 7) is 3.20. The average molecular weight is 512 g/mol. The molecular weight excluding hydrogens is 490 g/mol. The normalized spacial score (nSPS) is 12.8. The van der Waals surface area contributed by atoms with Crippen molar-refractivity contribution in [3.63, 3.8) is 0 Å². The van der Waals surface area contributed by atoms with Crippen molar-refractivity contribution in [2.45, 2.75) is 11.8 Å². The van der Waals surface area contributed by atoms with Crippen molar-refractivity contribution >= 4 is 48.3 Å². The zero-order chi connectivity index (χ0) is 24.4. The fraction of sp³-hybridized carbons (Fsp3) is 0.167. The van der Waals surface area contributed by atoms with Gasteiger partial charge in [-0.3, -0.25) is 14.8 Å². The Bertz CT molecular complexity index is 1520. The number of ether oxygens (including phenoxy) is 3. The van der Waals surface area contributed by atoms with E-state index < -0.39 is 15.9 Å². The molecule has 0 unspecified atom stereocenters. The quantitative estimate of drug-likeness (QED) is 0.375. The summed E-state index contributed by atoms with van der Waals surface area (Å²) in [5.41, 5.74) is 1.02. The highest BCUT2D eigenvalue weighted by molar-refractivity contribution is 7.92. The summed E-state index contributed by atoms with van der Waals surface area (Å²) >= 11 is 1.30. The maximum atomic E-state index is 13.1. The van der Waals surface area contributed by atoms with Gasteiger partial charge < -0.3 is 14.2 Å². The van der Waals surface area contributed by atoms with Gasteiger partial charge in [-0.25, -0.2) is 13.4 Å². The van der Waals surface area contributed by atoms with Gasteiger partial charge in [0.25, 0.3) is 15.9 Å². The second kappa shape index (κ2) is 9.43. The highest BCUT2D eigenvalue weighted by Crippen LogP contribution is 2.33. The summed E-state index contributed by atoms with van der Waals surface area (Å²) in [7, 11) is -4.00. The third kappa shape index (κ3) is 4.86. The molecule has 180 valence electrons. The second-order valence-electron chi connectivity index (χ2n) is 7.49. The lowest BCUT2D eigenvalue weighted by Crippen LogP contribution is -2.19. The zero-order valence-corrected chi connectivity index (χ0v) is 20.2. The van der Waals surface area contributed by atoms with Gasteiger partial charge in [-0.1, -0.05) is 23.5 Å². The minimum atomic E-state index is -4.00. The number of hydrogen-bond acceptors (Lipinski definition) is 8. The van der Waals surface area contributed by atoms with E-state index in [-0.39, 0.29) is 16.1 Å². The van der Waals surface area contributed by atoms with Gasteiger partial charge in [0, 0.05) is 6.07 Å². The minimum Gasteiger partial charge on any atom is -0.494 e. The highest BCUT2D eigenvalue weighted by Gasteiger charge is 2.22. The SMILES string of the molecule is CCOc1ccc2nc(NC(=O)c3ccccc3NS(=O)(=O)c3ccc4c(c3)OCCO4)sc2c1. The van der Waals surface area contributed by atoms with Crippen molar-refractivity contribution in [1.82, 2.24) is 4.98 Å². The zero-order valence-electron chi connectivity index (χ0n) is 18.6. The maximum absolute atomic E-state index is 13.1. The van der Waals surface area contributed by atoms with E-state index in [4.69, 9.17) is 14.2 Å². The number of para-hydroxylation sites is 1. The molecule has 1 amide bonds. The van der Waals surface area contributed by atoms with E-state index in [0.717, 1.165) is 16.0 Å². The number of carbonyl (C=O) groups excluding carboxylic acids is 1. The molecule has 1 aliphatic heterocycles. The number of nitrogens with zero attached hydrogens (tertiary/aromatic N) is 1. The third-order valence-corrected chi connectivity index (χ3v) is 7.43. The second-order valence-corrected chi connectivity index (χ2v) is 10.2. The summed E-state index contributed by atoms with van der Waals surface area (Å²) in [6.07, 6.45) is 0. The van der Waals surface area contributed by atoms with Crippen LogP contribution in [0.5, 0.6) is 17.2 Å². The Morgan fingerprint density at radius 2 is 1.86 bits per heavy atom.